The van der Waals surface area contributed by atoms with Gasteiger partial charge in [0.15, 0.2) is 0 Å². The maximum atomic E-state index is 12.9. The van der Waals surface area contributed by atoms with Gasteiger partial charge in [-0.3, -0.25) is 4.79 Å². The first-order chi connectivity index (χ1) is 13.2. The number of hydrogen-bond acceptors (Lipinski definition) is 3. The molecular formula is C22H27N3O2. The van der Waals surface area contributed by atoms with Gasteiger partial charge >= 0.3 is 0 Å². The number of carbonyl (C=O) groups is 1. The number of aromatic nitrogens is 2. The van der Waals surface area contributed by atoms with Gasteiger partial charge in [0.25, 0.3) is 0 Å². The number of para-hydroxylation sites is 3. The van der Waals surface area contributed by atoms with Gasteiger partial charge in [0.2, 0.25) is 5.91 Å². The number of hydrogen-bond donors (Lipinski definition) is 0. The van der Waals surface area contributed by atoms with E-state index in [-0.39, 0.29) is 12.5 Å². The van der Waals surface area contributed by atoms with Crippen molar-refractivity contribution in [2.75, 3.05) is 13.1 Å². The highest BCUT2D eigenvalue weighted by molar-refractivity contribution is 5.81. The molecule has 142 valence electrons. The van der Waals surface area contributed by atoms with Crippen LogP contribution in [0.15, 0.2) is 54.6 Å². The summed E-state index contributed by atoms with van der Waals surface area (Å²) in [5, 5.41) is 0. The number of imidazole rings is 1. The van der Waals surface area contributed by atoms with Gasteiger partial charge in [-0.15, -0.1) is 0 Å². The Morgan fingerprint density at radius 1 is 1.00 bits per heavy atom. The van der Waals surface area contributed by atoms with Gasteiger partial charge in [-0.25, -0.2) is 4.98 Å². The molecule has 3 rings (SSSR count). The molecule has 3 aromatic rings. The SMILES string of the molecule is CCCN(CCC)C(=O)Cn1c(COc2ccccc2)nc2ccccc21. The Bertz CT molecular complexity index is 868. The third kappa shape index (κ3) is 4.67. The Labute approximate surface area is 160 Å². The highest BCUT2D eigenvalue weighted by Crippen LogP contribution is 2.19. The molecule has 0 saturated heterocycles. The summed E-state index contributed by atoms with van der Waals surface area (Å²) in [5.41, 5.74) is 1.85. The molecule has 5 nitrogen and oxygen atoms in total. The molecule has 0 radical (unpaired) electrons. The Morgan fingerprint density at radius 3 is 2.37 bits per heavy atom. The normalized spacial score (nSPS) is 10.9. The van der Waals surface area contributed by atoms with E-state index >= 15 is 0 Å². The molecule has 0 bridgehead atoms. The summed E-state index contributed by atoms with van der Waals surface area (Å²) < 4.78 is 7.88. The Kier molecular flexibility index (Phi) is 6.47. The van der Waals surface area contributed by atoms with Crippen molar-refractivity contribution in [3.63, 3.8) is 0 Å². The summed E-state index contributed by atoms with van der Waals surface area (Å²) in [6.07, 6.45) is 1.92. The van der Waals surface area contributed by atoms with Crippen LogP contribution in [0.4, 0.5) is 0 Å². The molecular weight excluding hydrogens is 338 g/mol. The minimum atomic E-state index is 0.128. The second-order valence-electron chi connectivity index (χ2n) is 6.59. The molecule has 0 aliphatic carbocycles. The third-order valence-corrected chi connectivity index (χ3v) is 4.48. The summed E-state index contributed by atoms with van der Waals surface area (Å²) in [6.45, 7) is 6.38. The molecule has 0 atom stereocenters. The Morgan fingerprint density at radius 2 is 1.67 bits per heavy atom. The number of amides is 1. The van der Waals surface area contributed by atoms with Crippen LogP contribution in [-0.2, 0) is 17.9 Å². The number of fused-ring (bicyclic) bond motifs is 1. The Balaban J connectivity index is 1.84. The van der Waals surface area contributed by atoms with Crippen LogP contribution in [0.3, 0.4) is 0 Å². The maximum Gasteiger partial charge on any atom is 0.242 e. The monoisotopic (exact) mass is 365 g/mol. The van der Waals surface area contributed by atoms with Crippen molar-refractivity contribution in [1.82, 2.24) is 14.5 Å². The molecule has 0 aliphatic rings. The van der Waals surface area contributed by atoms with Gasteiger partial charge in [-0.05, 0) is 37.1 Å². The van der Waals surface area contributed by atoms with Crippen LogP contribution in [-0.4, -0.2) is 33.4 Å². The average Bonchev–Trinajstić information content (AvgIpc) is 3.04. The van der Waals surface area contributed by atoms with Crippen LogP contribution >= 0.6 is 0 Å². The molecule has 1 heterocycles. The zero-order valence-electron chi connectivity index (χ0n) is 16.1. The lowest BCUT2D eigenvalue weighted by atomic mass is 10.3. The average molecular weight is 365 g/mol. The van der Waals surface area contributed by atoms with Gasteiger partial charge in [-0.1, -0.05) is 44.2 Å². The topological polar surface area (TPSA) is 47.4 Å². The molecule has 0 N–H and O–H groups in total. The summed E-state index contributed by atoms with van der Waals surface area (Å²) in [5.74, 6) is 1.69. The molecule has 27 heavy (non-hydrogen) atoms. The lowest BCUT2D eigenvalue weighted by Crippen LogP contribution is -2.35. The number of benzene rings is 2. The van der Waals surface area contributed by atoms with Crippen molar-refractivity contribution in [3.8, 4) is 5.75 Å². The number of rotatable bonds is 9. The number of nitrogens with zero attached hydrogens (tertiary/aromatic N) is 3. The summed E-state index contributed by atoms with van der Waals surface area (Å²) >= 11 is 0. The van der Waals surface area contributed by atoms with Gasteiger partial charge in [0, 0.05) is 13.1 Å². The largest absolute Gasteiger partial charge is 0.486 e. The minimum absolute atomic E-state index is 0.128. The van der Waals surface area contributed by atoms with Crippen molar-refractivity contribution in [1.29, 1.82) is 0 Å². The molecule has 0 unspecified atom stereocenters. The van der Waals surface area contributed by atoms with Crippen molar-refractivity contribution in [2.45, 2.75) is 39.8 Å². The third-order valence-electron chi connectivity index (χ3n) is 4.48. The van der Waals surface area contributed by atoms with Crippen molar-refractivity contribution in [2.24, 2.45) is 0 Å². The van der Waals surface area contributed by atoms with E-state index in [0.717, 1.165) is 48.5 Å². The zero-order valence-corrected chi connectivity index (χ0v) is 16.1. The van der Waals surface area contributed by atoms with E-state index in [4.69, 9.17) is 9.72 Å². The van der Waals surface area contributed by atoms with Gasteiger partial charge in [0.1, 0.15) is 24.7 Å². The second kappa shape index (κ2) is 9.21. The van der Waals surface area contributed by atoms with Crippen LogP contribution in [0.25, 0.3) is 11.0 Å². The van der Waals surface area contributed by atoms with Crippen molar-refractivity contribution >= 4 is 16.9 Å². The maximum absolute atomic E-state index is 12.9. The minimum Gasteiger partial charge on any atom is -0.486 e. The van der Waals surface area contributed by atoms with Crippen LogP contribution < -0.4 is 4.74 Å². The van der Waals surface area contributed by atoms with Crippen molar-refractivity contribution < 1.29 is 9.53 Å². The van der Waals surface area contributed by atoms with Crippen molar-refractivity contribution in [3.05, 3.63) is 60.4 Å². The van der Waals surface area contributed by atoms with E-state index in [2.05, 4.69) is 13.8 Å². The predicted molar refractivity (Wildman–Crippen MR) is 108 cm³/mol. The zero-order chi connectivity index (χ0) is 19.1. The van der Waals surface area contributed by atoms with E-state index < -0.39 is 0 Å². The molecule has 0 spiro atoms. The van der Waals surface area contributed by atoms with E-state index in [1.165, 1.54) is 0 Å². The van der Waals surface area contributed by atoms with Crippen LogP contribution in [0, 0.1) is 0 Å². The van der Waals surface area contributed by atoms with E-state index in [0.29, 0.717) is 6.61 Å². The lowest BCUT2D eigenvalue weighted by Gasteiger charge is -2.22. The highest BCUT2D eigenvalue weighted by Gasteiger charge is 2.17. The smallest absolute Gasteiger partial charge is 0.242 e. The van der Waals surface area contributed by atoms with Crippen LogP contribution in [0.5, 0.6) is 5.75 Å². The predicted octanol–water partition coefficient (Wildman–Crippen LogP) is 4.26. The number of ether oxygens (including phenoxy) is 1. The summed E-state index contributed by atoms with van der Waals surface area (Å²) in [7, 11) is 0. The van der Waals surface area contributed by atoms with E-state index in [1.54, 1.807) is 0 Å². The van der Waals surface area contributed by atoms with Gasteiger partial charge < -0.3 is 14.2 Å². The first kappa shape index (κ1) is 19.0. The van der Waals surface area contributed by atoms with E-state index in [9.17, 15) is 4.79 Å². The first-order valence-corrected chi connectivity index (χ1v) is 9.62. The summed E-state index contributed by atoms with van der Waals surface area (Å²) in [4.78, 5) is 19.5. The van der Waals surface area contributed by atoms with Crippen LogP contribution in [0.1, 0.15) is 32.5 Å². The molecule has 0 aliphatic heterocycles. The standard InChI is InChI=1S/C22H27N3O2/c1-3-14-24(15-4-2)22(26)16-25-20-13-9-8-12-19(20)23-21(25)17-27-18-10-6-5-7-11-18/h5-13H,3-4,14-17H2,1-2H3. The molecule has 1 aromatic heterocycles. The first-order valence-electron chi connectivity index (χ1n) is 9.62. The van der Waals surface area contributed by atoms with E-state index in [1.807, 2.05) is 64.1 Å². The Hall–Kier alpha value is -2.82. The molecule has 1 amide bonds. The number of carbonyl (C=O) groups excluding carboxylic acids is 1. The van der Waals surface area contributed by atoms with Gasteiger partial charge in [-0.2, -0.15) is 0 Å². The summed E-state index contributed by atoms with van der Waals surface area (Å²) in [6, 6.07) is 17.6. The quantitative estimate of drug-likeness (QED) is 0.569. The fraction of sp³-hybridized carbons (Fsp3) is 0.364. The molecule has 5 heteroatoms. The van der Waals surface area contributed by atoms with Gasteiger partial charge in [0.05, 0.1) is 11.0 Å². The molecule has 2 aromatic carbocycles. The molecule has 0 saturated carbocycles. The van der Waals surface area contributed by atoms with Crippen LogP contribution in [0.2, 0.25) is 0 Å². The molecule has 0 fully saturated rings. The fourth-order valence-corrected chi connectivity index (χ4v) is 3.21. The second-order valence-corrected chi connectivity index (χ2v) is 6.59. The fourth-order valence-electron chi connectivity index (χ4n) is 3.21. The highest BCUT2D eigenvalue weighted by atomic mass is 16.5. The lowest BCUT2D eigenvalue weighted by molar-refractivity contribution is -0.131.